The van der Waals surface area contributed by atoms with Gasteiger partial charge in [-0.1, -0.05) is 60.1 Å². The van der Waals surface area contributed by atoms with Crippen LogP contribution in [0.15, 0.2) is 46.9 Å². The van der Waals surface area contributed by atoms with E-state index in [1.165, 1.54) is 5.56 Å². The summed E-state index contributed by atoms with van der Waals surface area (Å²) >= 11 is 3.64. The second-order valence-electron chi connectivity index (χ2n) is 5.52. The summed E-state index contributed by atoms with van der Waals surface area (Å²) in [6.45, 7) is 7.82. The van der Waals surface area contributed by atoms with Gasteiger partial charge in [-0.2, -0.15) is 0 Å². The Hall–Kier alpha value is -1.32. The predicted octanol–water partition coefficient (Wildman–Crippen LogP) is 4.83. The van der Waals surface area contributed by atoms with Crippen molar-refractivity contribution in [2.45, 2.75) is 40.0 Å². The first-order valence-electron chi connectivity index (χ1n) is 7.25. The number of benzene rings is 2. The maximum absolute atomic E-state index is 5.90. The van der Waals surface area contributed by atoms with Gasteiger partial charge in [0.05, 0.1) is 0 Å². The average molecular weight is 348 g/mol. The topological polar surface area (TPSA) is 21.3 Å². The lowest BCUT2D eigenvalue weighted by atomic mass is 10.1. The largest absolute Gasteiger partial charge is 0.489 e. The third kappa shape index (κ3) is 4.87. The van der Waals surface area contributed by atoms with Gasteiger partial charge in [-0.15, -0.1) is 0 Å². The molecule has 0 saturated carbocycles. The Bertz CT molecular complexity index is 596. The molecule has 21 heavy (non-hydrogen) atoms. The highest BCUT2D eigenvalue weighted by Gasteiger charge is 2.04. The van der Waals surface area contributed by atoms with Gasteiger partial charge in [0, 0.05) is 22.6 Å². The molecule has 0 radical (unpaired) electrons. The van der Waals surface area contributed by atoms with E-state index in [4.69, 9.17) is 4.74 Å². The number of aryl methyl sites for hydroxylation is 1. The highest BCUT2D eigenvalue weighted by molar-refractivity contribution is 9.10. The molecular formula is C18H22BrNO. The summed E-state index contributed by atoms with van der Waals surface area (Å²) in [6.07, 6.45) is 0. The number of rotatable bonds is 6. The zero-order valence-corrected chi connectivity index (χ0v) is 14.4. The molecule has 0 atom stereocenters. The zero-order valence-electron chi connectivity index (χ0n) is 12.8. The first-order valence-corrected chi connectivity index (χ1v) is 8.04. The van der Waals surface area contributed by atoms with Gasteiger partial charge in [0.25, 0.3) is 0 Å². The van der Waals surface area contributed by atoms with E-state index in [1.807, 2.05) is 18.2 Å². The third-order valence-electron chi connectivity index (χ3n) is 3.31. The van der Waals surface area contributed by atoms with Gasteiger partial charge >= 0.3 is 0 Å². The van der Waals surface area contributed by atoms with E-state index in [0.29, 0.717) is 12.6 Å². The van der Waals surface area contributed by atoms with Crippen molar-refractivity contribution >= 4 is 15.9 Å². The molecule has 3 heteroatoms. The lowest BCUT2D eigenvalue weighted by molar-refractivity contribution is 0.303. The SMILES string of the molecule is Cc1ccccc1OCc1ccc(CNC(C)C)cc1Br. The Morgan fingerprint density at radius 1 is 1.14 bits per heavy atom. The highest BCUT2D eigenvalue weighted by atomic mass is 79.9. The summed E-state index contributed by atoms with van der Waals surface area (Å²) in [4.78, 5) is 0. The molecule has 2 aromatic rings. The average Bonchev–Trinajstić information content (AvgIpc) is 2.45. The van der Waals surface area contributed by atoms with Crippen LogP contribution in [0.1, 0.15) is 30.5 Å². The molecule has 112 valence electrons. The van der Waals surface area contributed by atoms with Crippen molar-refractivity contribution in [1.82, 2.24) is 5.32 Å². The molecule has 0 heterocycles. The summed E-state index contributed by atoms with van der Waals surface area (Å²) in [7, 11) is 0. The Kier molecular flexibility index (Phi) is 5.83. The molecule has 1 N–H and O–H groups in total. The normalized spacial score (nSPS) is 10.9. The van der Waals surface area contributed by atoms with Gasteiger partial charge < -0.3 is 10.1 Å². The minimum atomic E-state index is 0.493. The number of para-hydroxylation sites is 1. The van der Waals surface area contributed by atoms with E-state index in [-0.39, 0.29) is 0 Å². The molecule has 0 amide bonds. The summed E-state index contributed by atoms with van der Waals surface area (Å²) in [5.41, 5.74) is 3.59. The van der Waals surface area contributed by atoms with E-state index in [2.05, 4.69) is 66.3 Å². The quantitative estimate of drug-likeness (QED) is 0.807. The van der Waals surface area contributed by atoms with Crippen molar-refractivity contribution in [2.75, 3.05) is 0 Å². The van der Waals surface area contributed by atoms with Crippen LogP contribution in [0.2, 0.25) is 0 Å². The van der Waals surface area contributed by atoms with Gasteiger partial charge in [-0.3, -0.25) is 0 Å². The van der Waals surface area contributed by atoms with E-state index >= 15 is 0 Å². The molecule has 2 rings (SSSR count). The smallest absolute Gasteiger partial charge is 0.122 e. The molecule has 0 aliphatic heterocycles. The Balaban J connectivity index is 1.99. The second-order valence-corrected chi connectivity index (χ2v) is 6.37. The molecule has 0 aromatic heterocycles. The molecule has 2 aromatic carbocycles. The highest BCUT2D eigenvalue weighted by Crippen LogP contribution is 2.22. The Morgan fingerprint density at radius 3 is 2.57 bits per heavy atom. The van der Waals surface area contributed by atoms with Gasteiger partial charge in [0.1, 0.15) is 12.4 Å². The molecule has 0 fully saturated rings. The summed E-state index contributed by atoms with van der Waals surface area (Å²) < 4.78 is 6.99. The van der Waals surface area contributed by atoms with Crippen molar-refractivity contribution in [1.29, 1.82) is 0 Å². The predicted molar refractivity (Wildman–Crippen MR) is 91.6 cm³/mol. The van der Waals surface area contributed by atoms with Crippen LogP contribution in [0.25, 0.3) is 0 Å². The Labute approximate surface area is 135 Å². The molecule has 0 unspecified atom stereocenters. The van der Waals surface area contributed by atoms with Crippen LogP contribution in [-0.4, -0.2) is 6.04 Å². The number of nitrogens with one attached hydrogen (secondary N) is 1. The summed E-state index contributed by atoms with van der Waals surface area (Å²) in [5, 5.41) is 3.42. The zero-order chi connectivity index (χ0) is 15.2. The van der Waals surface area contributed by atoms with Gasteiger partial charge in [-0.05, 0) is 30.2 Å². The third-order valence-corrected chi connectivity index (χ3v) is 4.05. The van der Waals surface area contributed by atoms with E-state index in [9.17, 15) is 0 Å². The number of hydrogen-bond donors (Lipinski definition) is 1. The number of halogens is 1. The lowest BCUT2D eigenvalue weighted by Crippen LogP contribution is -2.21. The van der Waals surface area contributed by atoms with Crippen molar-refractivity contribution in [2.24, 2.45) is 0 Å². The van der Waals surface area contributed by atoms with E-state index in [0.717, 1.165) is 27.9 Å². The van der Waals surface area contributed by atoms with Crippen LogP contribution in [0, 0.1) is 6.92 Å². The van der Waals surface area contributed by atoms with E-state index in [1.54, 1.807) is 0 Å². The van der Waals surface area contributed by atoms with Gasteiger partial charge in [0.15, 0.2) is 0 Å². The van der Waals surface area contributed by atoms with Crippen LogP contribution in [-0.2, 0) is 13.2 Å². The lowest BCUT2D eigenvalue weighted by Gasteiger charge is -2.12. The molecular weight excluding hydrogens is 326 g/mol. The fraction of sp³-hybridized carbons (Fsp3) is 0.333. The fourth-order valence-corrected chi connectivity index (χ4v) is 2.55. The standard InChI is InChI=1S/C18H22BrNO/c1-13(2)20-11-15-8-9-16(17(19)10-15)12-21-18-7-5-4-6-14(18)3/h4-10,13,20H,11-12H2,1-3H3. The molecule has 0 saturated heterocycles. The van der Waals surface area contributed by atoms with Crippen LogP contribution in [0.3, 0.4) is 0 Å². The summed E-state index contributed by atoms with van der Waals surface area (Å²) in [5.74, 6) is 0.940. The van der Waals surface area contributed by atoms with Crippen LogP contribution >= 0.6 is 15.9 Å². The van der Waals surface area contributed by atoms with Crippen molar-refractivity contribution < 1.29 is 4.74 Å². The molecule has 0 spiro atoms. The van der Waals surface area contributed by atoms with Crippen LogP contribution in [0.4, 0.5) is 0 Å². The van der Waals surface area contributed by atoms with Crippen molar-refractivity contribution in [3.05, 3.63) is 63.6 Å². The van der Waals surface area contributed by atoms with Gasteiger partial charge in [0.2, 0.25) is 0 Å². The number of hydrogen-bond acceptors (Lipinski definition) is 2. The second kappa shape index (κ2) is 7.62. The monoisotopic (exact) mass is 347 g/mol. The fourth-order valence-electron chi connectivity index (χ4n) is 2.01. The van der Waals surface area contributed by atoms with Crippen molar-refractivity contribution in [3.63, 3.8) is 0 Å². The number of ether oxygens (including phenoxy) is 1. The molecule has 0 bridgehead atoms. The first-order chi connectivity index (χ1) is 10.1. The minimum absolute atomic E-state index is 0.493. The van der Waals surface area contributed by atoms with Gasteiger partial charge in [-0.25, -0.2) is 0 Å². The summed E-state index contributed by atoms with van der Waals surface area (Å²) in [6, 6.07) is 15.0. The first kappa shape index (κ1) is 16.1. The molecule has 2 nitrogen and oxygen atoms in total. The maximum Gasteiger partial charge on any atom is 0.122 e. The Morgan fingerprint density at radius 2 is 1.90 bits per heavy atom. The molecule has 0 aliphatic carbocycles. The minimum Gasteiger partial charge on any atom is -0.489 e. The van der Waals surface area contributed by atoms with E-state index < -0.39 is 0 Å². The molecule has 0 aliphatic rings. The maximum atomic E-state index is 5.90. The van der Waals surface area contributed by atoms with Crippen LogP contribution < -0.4 is 10.1 Å². The van der Waals surface area contributed by atoms with Crippen LogP contribution in [0.5, 0.6) is 5.75 Å². The van der Waals surface area contributed by atoms with Crippen molar-refractivity contribution in [3.8, 4) is 5.75 Å².